The fraction of sp³-hybridized carbons (Fsp3) is 0.136. The van der Waals surface area contributed by atoms with Crippen LogP contribution < -0.4 is 0 Å². The second-order valence-electron chi connectivity index (χ2n) is 38.4. The molecule has 6 heterocycles. The summed E-state index contributed by atoms with van der Waals surface area (Å²) in [5, 5.41) is 0. The minimum Gasteiger partial charge on any atom is -0.353 e. The van der Waals surface area contributed by atoms with Gasteiger partial charge in [0.05, 0.1) is 5.69 Å². The predicted molar refractivity (Wildman–Crippen MR) is 545 cm³/mol. The van der Waals surface area contributed by atoms with Gasteiger partial charge < -0.3 is 24.9 Å². The Balaban J connectivity index is 0.00000617. The summed E-state index contributed by atoms with van der Waals surface area (Å²) in [6.45, 7) is 29.1. The maximum absolute atomic E-state index is 5.17. The van der Waals surface area contributed by atoms with E-state index in [1.54, 1.807) is 0 Å². The zero-order valence-electron chi connectivity index (χ0n) is 77.1. The molecule has 0 amide bonds. The number of hydrogen-bond acceptors (Lipinski definition) is 6. The first kappa shape index (κ1) is 91.0. The average Bonchev–Trinajstić information content (AvgIpc) is 0.766. The number of aromatic nitrogens is 6. The van der Waals surface area contributed by atoms with E-state index in [2.05, 4.69) is 454 Å². The molecule has 0 aliphatic carbocycles. The van der Waals surface area contributed by atoms with Crippen LogP contribution in [-0.4, -0.2) is 29.9 Å². The second-order valence-corrected chi connectivity index (χ2v) is 38.4. The number of nitrogens with zero attached hydrogens (tertiary/aromatic N) is 6. The summed E-state index contributed by atoms with van der Waals surface area (Å²) in [4.78, 5) is 29.5. The molecular weight excluding hydrogens is 1970 g/mol. The van der Waals surface area contributed by atoms with Crippen molar-refractivity contribution in [3.8, 4) is 201 Å². The Bertz CT molecular complexity index is 7290. The molecule has 133 heavy (non-hydrogen) atoms. The molecule has 0 spiro atoms. The maximum Gasteiger partial charge on any atom is 3.00 e. The molecule has 6 aromatic heterocycles. The van der Waals surface area contributed by atoms with Gasteiger partial charge in [-0.15, -0.1) is 137 Å². The van der Waals surface area contributed by atoms with Crippen LogP contribution in [-0.2, 0) is 61.9 Å². The van der Waals surface area contributed by atoms with E-state index < -0.39 is 0 Å². The van der Waals surface area contributed by atoms with E-state index in [-0.39, 0.29) is 61.9 Å². The Labute approximate surface area is 811 Å². The summed E-state index contributed by atoms with van der Waals surface area (Å²) in [6.07, 6.45) is 11.5. The van der Waals surface area contributed by atoms with Crippen molar-refractivity contribution in [2.45, 2.75) is 112 Å². The van der Waals surface area contributed by atoms with Crippen LogP contribution in [0.2, 0.25) is 0 Å². The van der Waals surface area contributed by atoms with Crippen LogP contribution in [0.3, 0.4) is 0 Å². The van der Waals surface area contributed by atoms with Gasteiger partial charge in [0.2, 0.25) is 0 Å². The third kappa shape index (κ3) is 19.6. The molecule has 8 heteroatoms. The van der Waals surface area contributed by atoms with Crippen LogP contribution in [0.25, 0.3) is 201 Å². The molecule has 0 fully saturated rings. The van der Waals surface area contributed by atoms with Crippen LogP contribution in [0, 0.1) is 37.3 Å². The Morgan fingerprint density at radius 2 is 0.436 bits per heavy atom. The van der Waals surface area contributed by atoms with Gasteiger partial charge in [-0.2, -0.15) is 0 Å². The zero-order chi connectivity index (χ0) is 90.3. The van der Waals surface area contributed by atoms with Crippen molar-refractivity contribution in [3.05, 3.63) is 435 Å². The Morgan fingerprint density at radius 3 is 0.699 bits per heavy atom. The van der Waals surface area contributed by atoms with Crippen LogP contribution >= 0.6 is 0 Å². The smallest absolute Gasteiger partial charge is 0.353 e. The van der Waals surface area contributed by atoms with E-state index in [1.807, 2.05) is 43.2 Å². The van der Waals surface area contributed by atoms with Crippen LogP contribution in [0.5, 0.6) is 0 Å². The van der Waals surface area contributed by atoms with E-state index in [1.165, 1.54) is 22.3 Å². The van der Waals surface area contributed by atoms with Gasteiger partial charge in [-0.25, -0.2) is 0 Å². The van der Waals surface area contributed by atoms with Gasteiger partial charge in [0.25, 0.3) is 0 Å². The summed E-state index contributed by atoms with van der Waals surface area (Å²) in [7, 11) is 0. The topological polar surface area (TPSA) is 77.3 Å². The standard InChI is InChI=1S/C125H101N6.2Ir/c1-81-68-90(54-57-103(81)121-78-102(63-67-129-121)125(11,12)13)108-30-18-24-36-114(108)97-71-93(69-94(72-97)111-33-21-15-27-105(111)83-40-48-87(49-41-83)118-75-99(60-64-126-118)122(2,3)4)110-32-20-14-26-104(110)82-38-46-86(47-39-82)116-59-56-92(80-131-116)117-58-55-91(79-130-117)109-31-19-25-37-115(109)98-73-95(112-34-22-16-28-106(112)84-42-50-88(51-43-84)119-76-100(61-65-127-119)123(5,6)7)70-96(74-98)113-35-23-17-29-107(113)85-44-52-89(53-45-85)120-77-101(62-66-128-120)124(8,9)10;;/h14-46,48,50,52,54-55,57-80H,1-13H3;;/q-5;;+3. The number of hydrogen-bond donors (Lipinski definition) is 0. The third-order valence-corrected chi connectivity index (χ3v) is 25.3. The molecule has 0 aliphatic rings. The van der Waals surface area contributed by atoms with Crippen LogP contribution in [0.1, 0.15) is 111 Å². The van der Waals surface area contributed by atoms with Gasteiger partial charge in [0.15, 0.2) is 0 Å². The van der Waals surface area contributed by atoms with Gasteiger partial charge >= 0.3 is 20.1 Å². The molecule has 19 rings (SSSR count). The fourth-order valence-electron chi connectivity index (χ4n) is 17.8. The van der Waals surface area contributed by atoms with Crippen LogP contribution in [0.15, 0.2) is 377 Å². The summed E-state index contributed by atoms with van der Waals surface area (Å²) < 4.78 is 0. The Morgan fingerprint density at radius 1 is 0.188 bits per heavy atom. The van der Waals surface area contributed by atoms with Crippen molar-refractivity contribution in [2.75, 3.05) is 0 Å². The Kier molecular flexibility index (Phi) is 26.1. The zero-order valence-corrected chi connectivity index (χ0v) is 81.9. The Hall–Kier alpha value is -13.9. The van der Waals surface area contributed by atoms with Crippen molar-refractivity contribution in [2.24, 2.45) is 0 Å². The first-order valence-electron chi connectivity index (χ1n) is 45.1. The van der Waals surface area contributed by atoms with Gasteiger partial charge in [0.1, 0.15) is 0 Å². The van der Waals surface area contributed by atoms with Crippen molar-refractivity contribution < 1.29 is 40.2 Å². The summed E-state index contributed by atoms with van der Waals surface area (Å²) in [5.74, 6) is 0. The number of rotatable bonds is 18. The first-order chi connectivity index (χ1) is 63.3. The average molecular weight is 2070 g/mol. The number of pyridine rings is 6. The van der Waals surface area contributed by atoms with E-state index >= 15 is 0 Å². The minimum atomic E-state index is -0.0157. The summed E-state index contributed by atoms with van der Waals surface area (Å²) in [6, 6.07) is 141. The second kappa shape index (κ2) is 38.1. The molecule has 0 saturated heterocycles. The van der Waals surface area contributed by atoms with Gasteiger partial charge in [-0.3, -0.25) is 4.98 Å². The van der Waals surface area contributed by atoms with Crippen molar-refractivity contribution in [1.29, 1.82) is 0 Å². The van der Waals surface area contributed by atoms with Crippen molar-refractivity contribution >= 4 is 0 Å². The van der Waals surface area contributed by atoms with Crippen molar-refractivity contribution in [3.63, 3.8) is 0 Å². The largest absolute Gasteiger partial charge is 3.00 e. The third-order valence-electron chi connectivity index (χ3n) is 25.3. The molecule has 0 atom stereocenters. The molecule has 19 aromatic rings. The molecule has 6 nitrogen and oxygen atoms in total. The van der Waals surface area contributed by atoms with Gasteiger partial charge in [-0.1, -0.05) is 328 Å². The fourth-order valence-corrected chi connectivity index (χ4v) is 17.8. The predicted octanol–water partition coefficient (Wildman–Crippen LogP) is 32.6. The quantitative estimate of drug-likeness (QED) is 0.0797. The molecular formula is C125H101Ir2N6-2. The van der Waals surface area contributed by atoms with Crippen LogP contribution in [0.4, 0.5) is 0 Å². The molecule has 0 bridgehead atoms. The minimum absolute atomic E-state index is 0. The molecule has 0 N–H and O–H groups in total. The summed E-state index contributed by atoms with van der Waals surface area (Å²) >= 11 is 0. The van der Waals surface area contributed by atoms with Gasteiger partial charge in [-0.05, 0) is 241 Å². The molecule has 1 radical (unpaired) electrons. The van der Waals surface area contributed by atoms with Crippen molar-refractivity contribution in [1.82, 2.24) is 29.9 Å². The normalized spacial score (nSPS) is 11.7. The molecule has 0 aliphatic heterocycles. The number of aryl methyl sites for hydroxylation is 1. The number of benzene rings is 13. The molecule has 651 valence electrons. The van der Waals surface area contributed by atoms with E-state index in [4.69, 9.17) is 29.9 Å². The SMILES string of the molecule is Cc1cc(-c2ccccc2-c2cc(-c3ccccc3-c3c[c-]c(-c4c[c-]c(-c5ccc(-c6ccccc6-c6cc(-c7ccccc7-c7c[c-]c(-c8cc(C(C)(C)C)ccn8)cc7)cc(-c7ccccc7-c7c[c-]c(-c8cc(C(C)(C)C)ccn8)cc7)c6)cn5)cn4)cc3)cc(-c3ccccc3-c3c[c-]c(-c4cc(C(C)(C)C)ccn4)cc3)c2)ccc1-c1cc(C(C)(C)C)ccn1.[Ir+3].[Ir]. The van der Waals surface area contributed by atoms with E-state index in [9.17, 15) is 0 Å². The monoisotopic (exact) mass is 2070 g/mol. The maximum atomic E-state index is 5.17. The van der Waals surface area contributed by atoms with E-state index in [0.29, 0.717) is 0 Å². The molecule has 0 saturated carbocycles. The molecule has 0 unspecified atom stereocenters. The van der Waals surface area contributed by atoms with Gasteiger partial charge in [0, 0.05) is 56.7 Å². The van der Waals surface area contributed by atoms with E-state index in [0.717, 1.165) is 207 Å². The summed E-state index contributed by atoms with van der Waals surface area (Å²) in [5.41, 5.74) is 43.0. The molecule has 13 aromatic carbocycles. The first-order valence-corrected chi connectivity index (χ1v) is 45.1.